The van der Waals surface area contributed by atoms with Crippen LogP contribution in [0.2, 0.25) is 0 Å². The zero-order valence-electron chi connectivity index (χ0n) is 29.4. The largest absolute Gasteiger partial charge is 0.397 e. The van der Waals surface area contributed by atoms with Gasteiger partial charge in [-0.3, -0.25) is 0 Å². The van der Waals surface area contributed by atoms with Crippen molar-refractivity contribution >= 4 is 51.2 Å². The number of aromatic nitrogens is 1. The van der Waals surface area contributed by atoms with E-state index < -0.39 is 6.04 Å². The molecule has 0 saturated carbocycles. The Kier molecular flexibility index (Phi) is 5.23. The van der Waals surface area contributed by atoms with Crippen LogP contribution in [-0.4, -0.2) is 4.98 Å². The van der Waals surface area contributed by atoms with E-state index in [-0.39, 0.29) is 35.1 Å². The van der Waals surface area contributed by atoms with E-state index in [0.29, 0.717) is 11.3 Å². The van der Waals surface area contributed by atoms with E-state index in [1.807, 2.05) is 24.3 Å². The number of nitrogens with two attached hydrogens (primary N) is 1. The number of rotatable bonds is 2. The second-order valence-electron chi connectivity index (χ2n) is 12.3. The molecule has 1 heterocycles. The topological polar surface area (TPSA) is 41.8 Å². The van der Waals surface area contributed by atoms with Crippen LogP contribution in [0.15, 0.2) is 90.9 Å². The first-order valence-corrected chi connectivity index (χ1v) is 14.8. The predicted molar refractivity (Wildman–Crippen MR) is 181 cm³/mol. The van der Waals surface area contributed by atoms with Crippen molar-refractivity contribution in [2.24, 2.45) is 0 Å². The fraction of sp³-hybridized carbons (Fsp3) is 0.200. The van der Waals surface area contributed by atoms with E-state index in [0.717, 1.165) is 69.2 Å². The minimum atomic E-state index is -0.390. The Balaban J connectivity index is 1.72. The summed E-state index contributed by atoms with van der Waals surface area (Å²) in [6.07, 6.45) is 10.5. The first kappa shape index (κ1) is 21.2. The van der Waals surface area contributed by atoms with Crippen molar-refractivity contribution in [1.29, 1.82) is 0 Å². The lowest BCUT2D eigenvalue weighted by molar-refractivity contribution is 0.590. The number of H-pyrrole nitrogens is 1. The summed E-state index contributed by atoms with van der Waals surface area (Å²) < 4.78 is 42.4. The van der Waals surface area contributed by atoms with Crippen molar-refractivity contribution in [2.45, 2.75) is 51.9 Å². The van der Waals surface area contributed by atoms with Gasteiger partial charge in [0.25, 0.3) is 0 Å². The van der Waals surface area contributed by atoms with Crippen molar-refractivity contribution in [3.63, 3.8) is 0 Å². The molecule has 42 heavy (non-hydrogen) atoms. The molecule has 2 aliphatic rings. The van der Waals surface area contributed by atoms with E-state index in [1.165, 1.54) is 15.8 Å². The van der Waals surface area contributed by atoms with E-state index in [1.54, 1.807) is 0 Å². The molecular formula is C40H38N2. The smallest absolute Gasteiger partial charge is 0.0697 e. The third-order valence-corrected chi connectivity index (χ3v) is 8.55. The van der Waals surface area contributed by atoms with Crippen LogP contribution < -0.4 is 26.7 Å². The maximum absolute atomic E-state index is 8.77. The third kappa shape index (κ3) is 4.61. The van der Waals surface area contributed by atoms with Gasteiger partial charge in [0.2, 0.25) is 0 Å². The molecule has 0 bridgehead atoms. The van der Waals surface area contributed by atoms with Crippen molar-refractivity contribution < 1.29 is 6.85 Å². The van der Waals surface area contributed by atoms with Gasteiger partial charge in [0, 0.05) is 16.0 Å². The zero-order valence-corrected chi connectivity index (χ0v) is 24.4. The molecule has 3 N–H and O–H groups in total. The number of anilines is 1. The van der Waals surface area contributed by atoms with E-state index in [2.05, 4.69) is 80.4 Å². The maximum atomic E-state index is 8.77. The van der Waals surface area contributed by atoms with Gasteiger partial charge in [-0.25, -0.2) is 0 Å². The summed E-state index contributed by atoms with van der Waals surface area (Å²) in [4.78, 5) is 3.86. The van der Waals surface area contributed by atoms with Crippen LogP contribution in [-0.2, 0) is 5.41 Å². The van der Waals surface area contributed by atoms with Crippen LogP contribution in [0.3, 0.4) is 0 Å². The van der Waals surface area contributed by atoms with Crippen molar-refractivity contribution in [2.75, 3.05) is 5.73 Å². The van der Waals surface area contributed by atoms with Crippen LogP contribution in [0.25, 0.3) is 56.6 Å². The Labute approximate surface area is 254 Å². The average molecular weight is 552 g/mol. The van der Waals surface area contributed by atoms with Gasteiger partial charge in [0.1, 0.15) is 0 Å². The molecule has 0 atom stereocenters. The molecule has 0 amide bonds. The quantitative estimate of drug-likeness (QED) is 0.225. The number of fused-ring (bicyclic) bond motifs is 7. The first-order chi connectivity index (χ1) is 22.5. The summed E-state index contributed by atoms with van der Waals surface area (Å²) in [6, 6.07) is 19.4. The molecule has 0 radical (unpaired) electrons. The van der Waals surface area contributed by atoms with Crippen molar-refractivity contribution in [1.82, 2.24) is 4.98 Å². The Morgan fingerprint density at radius 3 is 2.07 bits per heavy atom. The molecular weight excluding hydrogens is 508 g/mol. The minimum Gasteiger partial charge on any atom is -0.397 e. The van der Waals surface area contributed by atoms with E-state index in [4.69, 9.17) is 12.6 Å². The second kappa shape index (κ2) is 10.4. The molecule has 2 aliphatic carbocycles. The number of hydrogen-bond acceptors (Lipinski definition) is 1. The lowest BCUT2D eigenvalue weighted by Gasteiger charge is -2.23. The molecule has 208 valence electrons. The lowest BCUT2D eigenvalue weighted by Crippen LogP contribution is -2.33. The summed E-state index contributed by atoms with van der Waals surface area (Å²) in [7, 11) is 0. The van der Waals surface area contributed by atoms with Crippen LogP contribution in [0.1, 0.15) is 64.4 Å². The van der Waals surface area contributed by atoms with Crippen molar-refractivity contribution in [3.05, 3.63) is 123 Å². The SMILES string of the molecule is [2H]c1c([2H])c([2H])c(-c2cc(C3=c4[nH]c5c(N)cccc5c5c(c6ccccc6c4=CCC3)=CCCC=5)cc(C(C)(C)C)c2)c([2H])c1[2H]. The first-order valence-electron chi connectivity index (χ1n) is 17.3. The molecule has 0 spiro atoms. The van der Waals surface area contributed by atoms with Gasteiger partial charge in [-0.1, -0.05) is 118 Å². The Morgan fingerprint density at radius 2 is 1.33 bits per heavy atom. The summed E-state index contributed by atoms with van der Waals surface area (Å²) >= 11 is 0. The molecule has 0 unspecified atom stereocenters. The van der Waals surface area contributed by atoms with Crippen LogP contribution in [0.5, 0.6) is 0 Å². The summed E-state index contributed by atoms with van der Waals surface area (Å²) in [5, 5.41) is 7.87. The van der Waals surface area contributed by atoms with Gasteiger partial charge < -0.3 is 10.7 Å². The maximum Gasteiger partial charge on any atom is 0.0697 e. The molecule has 7 rings (SSSR count). The number of nitrogen functional groups attached to an aromatic ring is 1. The predicted octanol–water partition coefficient (Wildman–Crippen LogP) is 7.12. The van der Waals surface area contributed by atoms with E-state index in [9.17, 15) is 0 Å². The van der Waals surface area contributed by atoms with E-state index >= 15 is 0 Å². The highest BCUT2D eigenvalue weighted by atomic mass is 14.7. The molecule has 2 nitrogen and oxygen atoms in total. The number of benzene rings is 4. The Hall–Kier alpha value is -4.56. The van der Waals surface area contributed by atoms with Crippen LogP contribution in [0, 0.1) is 0 Å². The number of hydrogen-bond donors (Lipinski definition) is 2. The molecule has 5 aromatic rings. The summed E-state index contributed by atoms with van der Waals surface area (Å²) in [6.45, 7) is 6.41. The third-order valence-electron chi connectivity index (χ3n) is 8.55. The number of aromatic amines is 1. The van der Waals surface area contributed by atoms with Gasteiger partial charge in [-0.2, -0.15) is 0 Å². The standard InChI is InChI=1S/C40H38N2/c1-40(2,3)29-24-27(26-13-5-4-6-14-26)23-28(25-29)30-19-11-20-35-33-17-9-7-15-31(33)32-16-8-10-18-34(32)36-21-12-22-37(41)39(36)42-38(30)35/h4-7,9,12-18,20-25,42H,8,10-11,19,41H2,1-3H3/i4D,5D,6D,13D,14D. The molecule has 1 aromatic heterocycles. The fourth-order valence-electron chi connectivity index (χ4n) is 6.40. The average Bonchev–Trinajstić information content (AvgIpc) is 3.11. The van der Waals surface area contributed by atoms with Crippen LogP contribution >= 0.6 is 0 Å². The van der Waals surface area contributed by atoms with Gasteiger partial charge in [0.15, 0.2) is 0 Å². The highest BCUT2D eigenvalue weighted by Crippen LogP contribution is 2.32. The molecule has 2 heteroatoms. The highest BCUT2D eigenvalue weighted by Gasteiger charge is 2.19. The van der Waals surface area contributed by atoms with Crippen molar-refractivity contribution in [3.8, 4) is 11.1 Å². The molecule has 0 aliphatic heterocycles. The minimum absolute atomic E-state index is 0.199. The van der Waals surface area contributed by atoms with Crippen LogP contribution in [0.4, 0.5) is 5.69 Å². The Bertz CT molecular complexity index is 2440. The van der Waals surface area contributed by atoms with Gasteiger partial charge in [-0.15, -0.1) is 0 Å². The van der Waals surface area contributed by atoms with Gasteiger partial charge in [-0.05, 0) is 92.3 Å². The molecule has 0 saturated heterocycles. The Morgan fingerprint density at radius 1 is 0.690 bits per heavy atom. The normalized spacial score (nSPS) is 16.0. The highest BCUT2D eigenvalue weighted by molar-refractivity contribution is 5.93. The summed E-state index contributed by atoms with van der Waals surface area (Å²) in [5.41, 5.74) is 11.9. The molecule has 0 fully saturated rings. The monoisotopic (exact) mass is 551 g/mol. The molecule has 4 aromatic carbocycles. The lowest BCUT2D eigenvalue weighted by atomic mass is 9.82. The fourth-order valence-corrected chi connectivity index (χ4v) is 6.40. The number of nitrogens with one attached hydrogen (secondary N) is 1. The second-order valence-corrected chi connectivity index (χ2v) is 12.3. The van der Waals surface area contributed by atoms with Gasteiger partial charge in [0.05, 0.1) is 18.1 Å². The summed E-state index contributed by atoms with van der Waals surface area (Å²) in [5.74, 6) is 0. The zero-order chi connectivity index (χ0) is 33.2. The van der Waals surface area contributed by atoms with Gasteiger partial charge >= 0.3 is 0 Å². The number of para-hydroxylation sites is 1.